The largest absolute Gasteiger partial charge is 0.352 e. The summed E-state index contributed by atoms with van der Waals surface area (Å²) in [6.45, 7) is 2.61. The molecular weight excluding hydrogens is 370 g/mol. The Balaban J connectivity index is 1.76. The zero-order valence-corrected chi connectivity index (χ0v) is 16.6. The first kappa shape index (κ1) is 18.7. The lowest BCUT2D eigenvalue weighted by Crippen LogP contribution is -2.31. The van der Waals surface area contributed by atoms with Crippen molar-refractivity contribution in [2.24, 2.45) is 0 Å². The van der Waals surface area contributed by atoms with Gasteiger partial charge in [-0.05, 0) is 37.0 Å². The van der Waals surface area contributed by atoms with Gasteiger partial charge in [-0.25, -0.2) is 4.98 Å². The van der Waals surface area contributed by atoms with Crippen molar-refractivity contribution in [1.29, 1.82) is 0 Å². The Hall–Kier alpha value is -2.60. The number of thioether (sulfide) groups is 1. The fraction of sp³-hybridized carbons (Fsp3) is 0.318. The van der Waals surface area contributed by atoms with Crippen molar-refractivity contribution in [1.82, 2.24) is 14.9 Å². The van der Waals surface area contributed by atoms with Crippen LogP contribution in [0.3, 0.4) is 0 Å². The number of amides is 1. The van der Waals surface area contributed by atoms with E-state index in [1.54, 1.807) is 10.6 Å². The molecule has 1 fully saturated rings. The molecule has 5 nitrogen and oxygen atoms in total. The third kappa shape index (κ3) is 3.97. The molecule has 6 heteroatoms. The first-order valence-corrected chi connectivity index (χ1v) is 10.6. The molecule has 1 N–H and O–H groups in total. The summed E-state index contributed by atoms with van der Waals surface area (Å²) in [5, 5.41) is 3.85. The molecule has 0 saturated heterocycles. The number of hydrogen-bond acceptors (Lipinski definition) is 4. The van der Waals surface area contributed by atoms with Crippen LogP contribution in [-0.2, 0) is 11.3 Å². The summed E-state index contributed by atoms with van der Waals surface area (Å²) >= 11 is 1.36. The molecule has 28 heavy (non-hydrogen) atoms. The van der Waals surface area contributed by atoms with E-state index in [0.717, 1.165) is 24.8 Å². The van der Waals surface area contributed by atoms with Crippen molar-refractivity contribution in [2.45, 2.75) is 49.2 Å². The SMILES string of the molecule is CCCn1c(S[C@@H](C(=O)NC2CC2)c2ccccc2)nc2ccccc2c1=O. The van der Waals surface area contributed by atoms with E-state index in [0.29, 0.717) is 22.6 Å². The van der Waals surface area contributed by atoms with Gasteiger partial charge < -0.3 is 5.32 Å². The number of carbonyl (C=O) groups is 1. The quantitative estimate of drug-likeness (QED) is 0.488. The maximum atomic E-state index is 13.0. The Morgan fingerprint density at radius 1 is 1.18 bits per heavy atom. The summed E-state index contributed by atoms with van der Waals surface area (Å²) in [6.07, 6.45) is 2.89. The van der Waals surface area contributed by atoms with Gasteiger partial charge in [-0.2, -0.15) is 0 Å². The van der Waals surface area contributed by atoms with Crippen LogP contribution in [0.2, 0.25) is 0 Å². The zero-order valence-electron chi connectivity index (χ0n) is 15.8. The Morgan fingerprint density at radius 3 is 2.61 bits per heavy atom. The first-order valence-electron chi connectivity index (χ1n) is 9.69. The number of rotatable bonds is 7. The molecular formula is C22H23N3O2S. The van der Waals surface area contributed by atoms with E-state index in [-0.39, 0.29) is 17.5 Å². The maximum absolute atomic E-state index is 13.0. The van der Waals surface area contributed by atoms with Crippen LogP contribution in [0.5, 0.6) is 0 Å². The fourth-order valence-electron chi connectivity index (χ4n) is 3.17. The van der Waals surface area contributed by atoms with Crippen LogP contribution in [0.25, 0.3) is 10.9 Å². The Morgan fingerprint density at radius 2 is 1.89 bits per heavy atom. The Labute approximate surface area is 168 Å². The molecule has 0 spiro atoms. The third-order valence-corrected chi connectivity index (χ3v) is 6.01. The number of fused-ring (bicyclic) bond motifs is 1. The highest BCUT2D eigenvalue weighted by atomic mass is 32.2. The van der Waals surface area contributed by atoms with Crippen LogP contribution in [0.1, 0.15) is 37.0 Å². The second-order valence-electron chi connectivity index (χ2n) is 7.06. The number of benzene rings is 2. The van der Waals surface area contributed by atoms with E-state index < -0.39 is 5.25 Å². The lowest BCUT2D eigenvalue weighted by Gasteiger charge is -2.19. The number of carbonyl (C=O) groups excluding carboxylic acids is 1. The summed E-state index contributed by atoms with van der Waals surface area (Å²) in [5.74, 6) is -0.0239. The van der Waals surface area contributed by atoms with E-state index in [1.165, 1.54) is 11.8 Å². The second kappa shape index (κ2) is 8.19. The first-order chi connectivity index (χ1) is 13.7. The fourth-order valence-corrected chi connectivity index (χ4v) is 4.30. The van der Waals surface area contributed by atoms with Gasteiger partial charge in [-0.3, -0.25) is 14.2 Å². The smallest absolute Gasteiger partial charge is 0.262 e. The summed E-state index contributed by atoms with van der Waals surface area (Å²) in [7, 11) is 0. The summed E-state index contributed by atoms with van der Waals surface area (Å²) in [4.78, 5) is 30.7. The molecule has 3 aromatic rings. The van der Waals surface area contributed by atoms with E-state index in [2.05, 4.69) is 5.32 Å². The monoisotopic (exact) mass is 393 g/mol. The summed E-state index contributed by atoms with van der Waals surface area (Å²) in [5.41, 5.74) is 1.53. The van der Waals surface area contributed by atoms with E-state index in [1.807, 2.05) is 55.5 Å². The number of hydrogen-bond donors (Lipinski definition) is 1. The molecule has 0 unspecified atom stereocenters. The lowest BCUT2D eigenvalue weighted by molar-refractivity contribution is -0.120. The number of nitrogens with zero attached hydrogens (tertiary/aromatic N) is 2. The van der Waals surface area contributed by atoms with Gasteiger partial charge in [0, 0.05) is 12.6 Å². The van der Waals surface area contributed by atoms with Gasteiger partial charge in [0.25, 0.3) is 5.56 Å². The van der Waals surface area contributed by atoms with Crippen molar-refractivity contribution in [3.05, 3.63) is 70.5 Å². The highest BCUT2D eigenvalue weighted by Crippen LogP contribution is 2.35. The molecule has 144 valence electrons. The number of aromatic nitrogens is 2. The average Bonchev–Trinajstić information content (AvgIpc) is 3.53. The van der Waals surface area contributed by atoms with Gasteiger partial charge in [0.2, 0.25) is 5.91 Å². The predicted octanol–water partition coefficient (Wildman–Crippen LogP) is 3.92. The molecule has 0 bridgehead atoms. The minimum atomic E-state index is -0.446. The predicted molar refractivity (Wildman–Crippen MR) is 112 cm³/mol. The van der Waals surface area contributed by atoms with E-state index in [9.17, 15) is 9.59 Å². The molecule has 1 saturated carbocycles. The van der Waals surface area contributed by atoms with Crippen LogP contribution in [0.4, 0.5) is 0 Å². The topological polar surface area (TPSA) is 64.0 Å². The van der Waals surface area contributed by atoms with E-state index in [4.69, 9.17) is 4.98 Å². The van der Waals surface area contributed by atoms with Crippen molar-refractivity contribution < 1.29 is 4.79 Å². The molecule has 2 aromatic carbocycles. The van der Waals surface area contributed by atoms with Gasteiger partial charge >= 0.3 is 0 Å². The highest BCUT2D eigenvalue weighted by molar-refractivity contribution is 8.00. The Kier molecular flexibility index (Phi) is 5.48. The zero-order chi connectivity index (χ0) is 19.5. The van der Waals surface area contributed by atoms with Gasteiger partial charge in [-0.1, -0.05) is 61.2 Å². The molecule has 1 aliphatic carbocycles. The molecule has 0 aliphatic heterocycles. The number of para-hydroxylation sites is 1. The maximum Gasteiger partial charge on any atom is 0.262 e. The van der Waals surface area contributed by atoms with Gasteiger partial charge in [0.15, 0.2) is 5.16 Å². The minimum absolute atomic E-state index is 0.0239. The van der Waals surface area contributed by atoms with Crippen LogP contribution in [0.15, 0.2) is 64.5 Å². The van der Waals surface area contributed by atoms with Crippen molar-refractivity contribution in [2.75, 3.05) is 0 Å². The molecule has 0 radical (unpaired) electrons. The highest BCUT2D eigenvalue weighted by Gasteiger charge is 2.30. The lowest BCUT2D eigenvalue weighted by atomic mass is 10.1. The molecule has 1 aliphatic rings. The van der Waals surface area contributed by atoms with Crippen LogP contribution < -0.4 is 10.9 Å². The standard InChI is InChI=1S/C22H23N3O2S/c1-2-14-25-21(27)17-10-6-7-11-18(17)24-22(25)28-19(15-8-4-3-5-9-15)20(26)23-16-12-13-16/h3-11,16,19H,2,12-14H2,1H3,(H,23,26)/t19-/m1/s1. The molecule has 1 heterocycles. The average molecular weight is 394 g/mol. The third-order valence-electron chi connectivity index (χ3n) is 4.76. The molecule has 1 aromatic heterocycles. The molecule has 1 atom stereocenters. The second-order valence-corrected chi connectivity index (χ2v) is 8.13. The van der Waals surface area contributed by atoms with Gasteiger partial charge in [0.1, 0.15) is 5.25 Å². The van der Waals surface area contributed by atoms with Gasteiger partial charge in [0.05, 0.1) is 10.9 Å². The summed E-state index contributed by atoms with van der Waals surface area (Å²) < 4.78 is 1.70. The molecule has 1 amide bonds. The van der Waals surface area contributed by atoms with Crippen molar-refractivity contribution in [3.8, 4) is 0 Å². The summed E-state index contributed by atoms with van der Waals surface area (Å²) in [6, 6.07) is 17.4. The Bertz CT molecular complexity index is 1040. The number of nitrogens with one attached hydrogen (secondary N) is 1. The van der Waals surface area contributed by atoms with E-state index >= 15 is 0 Å². The van der Waals surface area contributed by atoms with Crippen molar-refractivity contribution >= 4 is 28.6 Å². The van der Waals surface area contributed by atoms with Crippen LogP contribution in [-0.4, -0.2) is 21.5 Å². The van der Waals surface area contributed by atoms with Crippen molar-refractivity contribution in [3.63, 3.8) is 0 Å². The van der Waals surface area contributed by atoms with Gasteiger partial charge in [-0.15, -0.1) is 0 Å². The van der Waals surface area contributed by atoms with Crippen LogP contribution in [0, 0.1) is 0 Å². The normalized spacial score (nSPS) is 14.8. The molecule has 4 rings (SSSR count). The minimum Gasteiger partial charge on any atom is -0.352 e. The van der Waals surface area contributed by atoms with Crippen LogP contribution >= 0.6 is 11.8 Å².